The van der Waals surface area contributed by atoms with Gasteiger partial charge >= 0.3 is 0 Å². The average Bonchev–Trinajstić information content (AvgIpc) is 2.90. The minimum Gasteiger partial charge on any atom is -0.457 e. The summed E-state index contributed by atoms with van der Waals surface area (Å²) >= 11 is 0. The zero-order chi connectivity index (χ0) is 25.3. The molecule has 2 amide bonds. The molecule has 0 aliphatic rings. The Labute approximate surface area is 208 Å². The van der Waals surface area contributed by atoms with Crippen LogP contribution < -0.4 is 26.0 Å². The fraction of sp³-hybridized carbons (Fsp3) is 0.0370. The van der Waals surface area contributed by atoms with Crippen LogP contribution in [0, 0.1) is 0 Å². The van der Waals surface area contributed by atoms with Crippen LogP contribution in [0.2, 0.25) is 0 Å². The summed E-state index contributed by atoms with van der Waals surface area (Å²) in [4.78, 5) is 31.7. The van der Waals surface area contributed by atoms with Crippen molar-refractivity contribution in [1.82, 2.24) is 15.3 Å². The number of hydrogen-bond acceptors (Lipinski definition) is 7. The molecule has 180 valence electrons. The molecule has 4 rings (SSSR count). The first-order chi connectivity index (χ1) is 17.5. The summed E-state index contributed by atoms with van der Waals surface area (Å²) in [6, 6.07) is 21.7. The van der Waals surface area contributed by atoms with Gasteiger partial charge in [0.2, 0.25) is 5.91 Å². The van der Waals surface area contributed by atoms with Crippen molar-refractivity contribution in [2.45, 2.75) is 0 Å². The molecular formula is C27H24N6O3. The Balaban J connectivity index is 1.40. The first-order valence-corrected chi connectivity index (χ1v) is 11.0. The van der Waals surface area contributed by atoms with Crippen molar-refractivity contribution in [1.29, 1.82) is 0 Å². The number of amides is 2. The second-order valence-corrected chi connectivity index (χ2v) is 7.54. The minimum absolute atomic E-state index is 0.270. The Hall–Kier alpha value is -5.18. The molecule has 0 unspecified atom stereocenters. The molecule has 9 heteroatoms. The van der Waals surface area contributed by atoms with E-state index in [1.165, 1.54) is 12.3 Å². The lowest BCUT2D eigenvalue weighted by Crippen LogP contribution is -2.18. The quantitative estimate of drug-likeness (QED) is 0.242. The van der Waals surface area contributed by atoms with Crippen molar-refractivity contribution in [3.63, 3.8) is 0 Å². The molecule has 4 N–H and O–H groups in total. The van der Waals surface area contributed by atoms with Crippen molar-refractivity contribution >= 4 is 40.4 Å². The van der Waals surface area contributed by atoms with Gasteiger partial charge in [0.25, 0.3) is 5.91 Å². The summed E-state index contributed by atoms with van der Waals surface area (Å²) in [5.41, 5.74) is 3.40. The van der Waals surface area contributed by atoms with Crippen LogP contribution in [-0.2, 0) is 4.79 Å². The second-order valence-electron chi connectivity index (χ2n) is 7.54. The number of nitrogens with one attached hydrogen (secondary N) is 4. The van der Waals surface area contributed by atoms with Gasteiger partial charge in [0.05, 0.1) is 0 Å². The third kappa shape index (κ3) is 6.45. The van der Waals surface area contributed by atoms with E-state index in [0.717, 1.165) is 17.1 Å². The molecule has 2 aromatic carbocycles. The van der Waals surface area contributed by atoms with Crippen molar-refractivity contribution in [3.8, 4) is 11.5 Å². The van der Waals surface area contributed by atoms with Crippen LogP contribution in [0.25, 0.3) is 0 Å². The predicted molar refractivity (Wildman–Crippen MR) is 140 cm³/mol. The van der Waals surface area contributed by atoms with Gasteiger partial charge in [-0.1, -0.05) is 12.6 Å². The molecule has 0 aliphatic carbocycles. The molecule has 0 fully saturated rings. The molecule has 0 atom stereocenters. The van der Waals surface area contributed by atoms with Crippen molar-refractivity contribution < 1.29 is 14.3 Å². The number of hydrogen-bond donors (Lipinski definition) is 4. The van der Waals surface area contributed by atoms with Crippen LogP contribution in [0.1, 0.15) is 10.5 Å². The lowest BCUT2D eigenvalue weighted by molar-refractivity contribution is -0.111. The number of pyridine rings is 2. The van der Waals surface area contributed by atoms with E-state index in [9.17, 15) is 9.59 Å². The third-order valence-corrected chi connectivity index (χ3v) is 4.92. The monoisotopic (exact) mass is 480 g/mol. The van der Waals surface area contributed by atoms with E-state index in [1.54, 1.807) is 31.4 Å². The molecule has 9 nitrogen and oxygen atoms in total. The molecule has 2 heterocycles. The molecule has 0 spiro atoms. The highest BCUT2D eigenvalue weighted by molar-refractivity contribution is 5.99. The number of ether oxygens (including phenoxy) is 1. The number of anilines is 5. The van der Waals surface area contributed by atoms with E-state index >= 15 is 0 Å². The molecular weight excluding hydrogens is 456 g/mol. The Bertz CT molecular complexity index is 1390. The van der Waals surface area contributed by atoms with Gasteiger partial charge in [-0.2, -0.15) is 0 Å². The van der Waals surface area contributed by atoms with Gasteiger partial charge in [0, 0.05) is 54.3 Å². The highest BCUT2D eigenvalue weighted by atomic mass is 16.5. The van der Waals surface area contributed by atoms with Gasteiger partial charge in [0.15, 0.2) is 0 Å². The van der Waals surface area contributed by atoms with Gasteiger partial charge in [-0.15, -0.1) is 0 Å². The largest absolute Gasteiger partial charge is 0.457 e. The minimum atomic E-state index is -0.281. The fourth-order valence-electron chi connectivity index (χ4n) is 3.23. The number of nitrogens with zero attached hydrogens (tertiary/aromatic N) is 2. The Morgan fingerprint density at radius 3 is 2.33 bits per heavy atom. The van der Waals surface area contributed by atoms with Crippen molar-refractivity contribution in [3.05, 3.63) is 104 Å². The van der Waals surface area contributed by atoms with E-state index in [1.807, 2.05) is 54.6 Å². The Morgan fingerprint density at radius 1 is 0.806 bits per heavy atom. The molecule has 2 aromatic heterocycles. The highest BCUT2D eigenvalue weighted by Crippen LogP contribution is 2.26. The van der Waals surface area contributed by atoms with Gasteiger partial charge in [-0.25, -0.2) is 4.98 Å². The molecule has 0 radical (unpaired) electrons. The topological polar surface area (TPSA) is 117 Å². The first kappa shape index (κ1) is 24.0. The number of carbonyl (C=O) groups excluding carboxylic acids is 2. The molecule has 36 heavy (non-hydrogen) atoms. The number of rotatable bonds is 9. The zero-order valence-corrected chi connectivity index (χ0v) is 19.5. The Kier molecular flexibility index (Phi) is 7.52. The SMILES string of the molecule is C=CC(=O)Nc1cccc(Nc2ccnc(Nc3ccc(Oc4ccnc(C(=O)NC)c4)cc3)c2)c1. The molecule has 0 saturated carbocycles. The summed E-state index contributed by atoms with van der Waals surface area (Å²) in [5, 5.41) is 11.8. The van der Waals surface area contributed by atoms with E-state index in [2.05, 4.69) is 37.8 Å². The first-order valence-electron chi connectivity index (χ1n) is 11.0. The van der Waals surface area contributed by atoms with Crippen molar-refractivity contribution in [2.75, 3.05) is 23.0 Å². The van der Waals surface area contributed by atoms with Gasteiger partial charge in [-0.3, -0.25) is 14.6 Å². The maximum Gasteiger partial charge on any atom is 0.269 e. The summed E-state index contributed by atoms with van der Waals surface area (Å²) in [5.74, 6) is 1.22. The molecule has 0 bridgehead atoms. The standard InChI is InChI=1S/C27H24N6O3/c1-3-26(34)33-20-6-4-5-19(15-20)31-21-11-13-30-25(16-21)32-18-7-9-22(10-8-18)36-23-12-14-29-24(17-23)27(35)28-2/h3-17H,1H2,2H3,(H,28,35)(H,33,34)(H2,30,31,32). The smallest absolute Gasteiger partial charge is 0.269 e. The summed E-state index contributed by atoms with van der Waals surface area (Å²) in [6.45, 7) is 3.46. The highest BCUT2D eigenvalue weighted by Gasteiger charge is 2.07. The lowest BCUT2D eigenvalue weighted by Gasteiger charge is -2.11. The van der Waals surface area contributed by atoms with Gasteiger partial charge < -0.3 is 26.0 Å². The van der Waals surface area contributed by atoms with E-state index in [0.29, 0.717) is 23.0 Å². The fourth-order valence-corrected chi connectivity index (χ4v) is 3.23. The summed E-state index contributed by atoms with van der Waals surface area (Å²) in [7, 11) is 1.55. The average molecular weight is 481 g/mol. The number of benzene rings is 2. The second kappa shape index (κ2) is 11.3. The maximum absolute atomic E-state index is 11.8. The van der Waals surface area contributed by atoms with Gasteiger partial charge in [0.1, 0.15) is 23.0 Å². The zero-order valence-electron chi connectivity index (χ0n) is 19.5. The maximum atomic E-state index is 11.8. The number of aromatic nitrogens is 2. The molecule has 0 aliphatic heterocycles. The predicted octanol–water partition coefficient (Wildman–Crippen LogP) is 5.24. The van der Waals surface area contributed by atoms with Crippen LogP contribution in [0.5, 0.6) is 11.5 Å². The van der Waals surface area contributed by atoms with Crippen molar-refractivity contribution in [2.24, 2.45) is 0 Å². The third-order valence-electron chi connectivity index (χ3n) is 4.92. The van der Waals surface area contributed by atoms with Crippen LogP contribution in [0.15, 0.2) is 97.8 Å². The lowest BCUT2D eigenvalue weighted by atomic mass is 10.2. The van der Waals surface area contributed by atoms with E-state index < -0.39 is 0 Å². The summed E-state index contributed by atoms with van der Waals surface area (Å²) < 4.78 is 5.84. The molecule has 4 aromatic rings. The van der Waals surface area contributed by atoms with E-state index in [4.69, 9.17) is 4.74 Å². The Morgan fingerprint density at radius 2 is 1.56 bits per heavy atom. The summed E-state index contributed by atoms with van der Waals surface area (Å²) in [6.07, 6.45) is 4.44. The van der Waals surface area contributed by atoms with Crippen LogP contribution in [0.3, 0.4) is 0 Å². The normalized spacial score (nSPS) is 10.1. The number of carbonyl (C=O) groups is 2. The van der Waals surface area contributed by atoms with Crippen LogP contribution in [0.4, 0.5) is 28.6 Å². The van der Waals surface area contributed by atoms with E-state index in [-0.39, 0.29) is 17.5 Å². The molecule has 0 saturated heterocycles. The van der Waals surface area contributed by atoms with Crippen LogP contribution >= 0.6 is 0 Å². The van der Waals surface area contributed by atoms with Crippen LogP contribution in [-0.4, -0.2) is 28.8 Å². The van der Waals surface area contributed by atoms with Gasteiger partial charge in [-0.05, 0) is 60.7 Å².